The van der Waals surface area contributed by atoms with Crippen molar-refractivity contribution < 1.29 is 14.0 Å². The van der Waals surface area contributed by atoms with Crippen molar-refractivity contribution in [3.8, 4) is 0 Å². The van der Waals surface area contributed by atoms with Crippen LogP contribution in [-0.4, -0.2) is 18.4 Å². The third kappa shape index (κ3) is 5.21. The molecule has 0 aliphatic heterocycles. The van der Waals surface area contributed by atoms with Gasteiger partial charge in [0.1, 0.15) is 5.82 Å². The minimum Gasteiger partial charge on any atom is -0.338 e. The van der Waals surface area contributed by atoms with E-state index in [9.17, 15) is 14.0 Å². The summed E-state index contributed by atoms with van der Waals surface area (Å²) in [6.45, 7) is 1.91. The Kier molecular flexibility index (Phi) is 5.86. The van der Waals surface area contributed by atoms with Gasteiger partial charge in [-0.15, -0.1) is 0 Å². The molecule has 2 N–H and O–H groups in total. The lowest BCUT2D eigenvalue weighted by atomic mass is 10.1. The zero-order valence-electron chi connectivity index (χ0n) is 12.9. The number of hydrogen-bond acceptors (Lipinski definition) is 2. The van der Waals surface area contributed by atoms with Crippen LogP contribution in [0.3, 0.4) is 0 Å². The summed E-state index contributed by atoms with van der Waals surface area (Å²) in [6.07, 6.45) is 1.20. The normalized spacial score (nSPS) is 10.2. The molecule has 0 spiro atoms. The maximum atomic E-state index is 13.4. The van der Waals surface area contributed by atoms with Gasteiger partial charge in [-0.1, -0.05) is 30.3 Å². The minimum absolute atomic E-state index is 0.0565. The molecule has 0 fully saturated rings. The predicted molar refractivity (Wildman–Crippen MR) is 88.2 cm³/mol. The number of anilines is 1. The summed E-state index contributed by atoms with van der Waals surface area (Å²) in [5, 5.41) is 5.38. The molecule has 0 aromatic heterocycles. The van der Waals surface area contributed by atoms with Gasteiger partial charge < -0.3 is 10.6 Å². The first-order valence-corrected chi connectivity index (χ1v) is 7.45. The molecule has 2 aromatic rings. The second kappa shape index (κ2) is 8.08. The summed E-state index contributed by atoms with van der Waals surface area (Å²) in [4.78, 5) is 23.1. The van der Waals surface area contributed by atoms with Crippen molar-refractivity contribution in [3.05, 3.63) is 65.5 Å². The van der Waals surface area contributed by atoms with Crippen LogP contribution in [0.1, 0.15) is 29.3 Å². The van der Waals surface area contributed by atoms with Crippen LogP contribution in [0, 0.1) is 5.82 Å². The Hall–Kier alpha value is -2.69. The largest absolute Gasteiger partial charge is 0.338 e. The highest BCUT2D eigenvalue weighted by Crippen LogP contribution is 2.11. The average Bonchev–Trinajstić information content (AvgIpc) is 2.53. The number of benzene rings is 2. The first-order chi connectivity index (χ1) is 11.1. The number of aryl methyl sites for hydroxylation is 1. The molecule has 120 valence electrons. The van der Waals surface area contributed by atoms with Crippen molar-refractivity contribution >= 4 is 17.5 Å². The molecule has 5 heteroatoms. The highest BCUT2D eigenvalue weighted by molar-refractivity contribution is 5.96. The van der Waals surface area contributed by atoms with Gasteiger partial charge in [-0.2, -0.15) is 0 Å². The first-order valence-electron chi connectivity index (χ1n) is 7.45. The Bertz CT molecular complexity index is 701. The SMILES string of the molecule is CC(=O)c1cccc(NC(=O)NCCCc2ccccc2F)c1. The maximum absolute atomic E-state index is 13.4. The van der Waals surface area contributed by atoms with E-state index in [-0.39, 0.29) is 17.6 Å². The lowest BCUT2D eigenvalue weighted by molar-refractivity contribution is 0.101. The number of rotatable bonds is 6. The van der Waals surface area contributed by atoms with Gasteiger partial charge in [0.05, 0.1) is 0 Å². The molecule has 23 heavy (non-hydrogen) atoms. The number of carbonyl (C=O) groups is 2. The highest BCUT2D eigenvalue weighted by Gasteiger charge is 2.05. The van der Waals surface area contributed by atoms with E-state index in [0.29, 0.717) is 36.2 Å². The fraction of sp³-hybridized carbons (Fsp3) is 0.222. The average molecular weight is 314 g/mol. The number of hydrogen-bond donors (Lipinski definition) is 2. The van der Waals surface area contributed by atoms with Crippen LogP contribution in [0.2, 0.25) is 0 Å². The van der Waals surface area contributed by atoms with Gasteiger partial charge in [0, 0.05) is 17.8 Å². The van der Waals surface area contributed by atoms with Crippen LogP contribution < -0.4 is 10.6 Å². The molecule has 0 saturated heterocycles. The fourth-order valence-corrected chi connectivity index (χ4v) is 2.17. The van der Waals surface area contributed by atoms with Gasteiger partial charge in [-0.25, -0.2) is 9.18 Å². The molecule has 0 aliphatic rings. The number of carbonyl (C=O) groups excluding carboxylic acids is 2. The lowest BCUT2D eigenvalue weighted by Gasteiger charge is -2.08. The van der Waals surface area contributed by atoms with Gasteiger partial charge in [-0.05, 0) is 43.5 Å². The Morgan fingerprint density at radius 1 is 1.09 bits per heavy atom. The van der Waals surface area contributed by atoms with Crippen LogP contribution in [0.15, 0.2) is 48.5 Å². The van der Waals surface area contributed by atoms with Crippen molar-refractivity contribution in [2.45, 2.75) is 19.8 Å². The molecule has 0 saturated carbocycles. The standard InChI is InChI=1S/C18H19FN2O2/c1-13(22)15-7-4-9-16(12-15)21-18(23)20-11-5-8-14-6-2-3-10-17(14)19/h2-4,6-7,9-10,12H,5,8,11H2,1H3,(H2,20,21,23). The van der Waals surface area contributed by atoms with Crippen LogP contribution >= 0.6 is 0 Å². The fourth-order valence-electron chi connectivity index (χ4n) is 2.17. The smallest absolute Gasteiger partial charge is 0.319 e. The summed E-state index contributed by atoms with van der Waals surface area (Å²) in [7, 11) is 0. The molecular formula is C18H19FN2O2. The van der Waals surface area contributed by atoms with Gasteiger partial charge >= 0.3 is 6.03 Å². The number of urea groups is 1. The molecule has 0 aliphatic carbocycles. The van der Waals surface area contributed by atoms with E-state index in [2.05, 4.69) is 10.6 Å². The van der Waals surface area contributed by atoms with E-state index in [1.165, 1.54) is 13.0 Å². The van der Waals surface area contributed by atoms with E-state index in [1.54, 1.807) is 42.5 Å². The van der Waals surface area contributed by atoms with Crippen molar-refractivity contribution in [1.82, 2.24) is 5.32 Å². The number of Topliss-reactive ketones (excluding diaryl/α,β-unsaturated/α-hetero) is 1. The zero-order chi connectivity index (χ0) is 16.7. The van der Waals surface area contributed by atoms with E-state index in [4.69, 9.17) is 0 Å². The second-order valence-corrected chi connectivity index (χ2v) is 5.21. The molecule has 2 amide bonds. The Labute approximate surface area is 134 Å². The van der Waals surface area contributed by atoms with Gasteiger partial charge in [0.15, 0.2) is 5.78 Å². The highest BCUT2D eigenvalue weighted by atomic mass is 19.1. The molecule has 2 aromatic carbocycles. The number of halogens is 1. The molecule has 0 heterocycles. The summed E-state index contributed by atoms with van der Waals surface area (Å²) in [5.74, 6) is -0.281. The second-order valence-electron chi connectivity index (χ2n) is 5.21. The summed E-state index contributed by atoms with van der Waals surface area (Å²) in [5.41, 5.74) is 1.75. The monoisotopic (exact) mass is 314 g/mol. The quantitative estimate of drug-likeness (QED) is 0.629. The molecule has 2 rings (SSSR count). The van der Waals surface area contributed by atoms with Crippen LogP contribution in [0.4, 0.5) is 14.9 Å². The zero-order valence-corrected chi connectivity index (χ0v) is 12.9. The van der Waals surface area contributed by atoms with Crippen LogP contribution in [-0.2, 0) is 6.42 Å². The van der Waals surface area contributed by atoms with E-state index in [0.717, 1.165) is 0 Å². The molecule has 0 unspecified atom stereocenters. The van der Waals surface area contributed by atoms with Crippen LogP contribution in [0.5, 0.6) is 0 Å². The first kappa shape index (κ1) is 16.7. The molecular weight excluding hydrogens is 295 g/mol. The van der Waals surface area contributed by atoms with Crippen molar-refractivity contribution in [3.63, 3.8) is 0 Å². The number of amides is 2. The summed E-state index contributed by atoms with van der Waals surface area (Å²) >= 11 is 0. The molecule has 0 bridgehead atoms. The lowest BCUT2D eigenvalue weighted by Crippen LogP contribution is -2.29. The van der Waals surface area contributed by atoms with E-state index < -0.39 is 0 Å². The third-order valence-corrected chi connectivity index (χ3v) is 3.39. The van der Waals surface area contributed by atoms with Gasteiger partial charge in [0.25, 0.3) is 0 Å². The minimum atomic E-state index is -0.348. The van der Waals surface area contributed by atoms with E-state index in [1.807, 2.05) is 0 Å². The maximum Gasteiger partial charge on any atom is 0.319 e. The van der Waals surface area contributed by atoms with Crippen molar-refractivity contribution in [2.75, 3.05) is 11.9 Å². The summed E-state index contributed by atoms with van der Waals surface area (Å²) < 4.78 is 13.4. The Morgan fingerprint density at radius 3 is 2.61 bits per heavy atom. The molecule has 0 atom stereocenters. The third-order valence-electron chi connectivity index (χ3n) is 3.39. The number of nitrogens with one attached hydrogen (secondary N) is 2. The topological polar surface area (TPSA) is 58.2 Å². The summed E-state index contributed by atoms with van der Waals surface area (Å²) in [6, 6.07) is 13.0. The van der Waals surface area contributed by atoms with Gasteiger partial charge in [-0.3, -0.25) is 4.79 Å². The van der Waals surface area contributed by atoms with Crippen LogP contribution in [0.25, 0.3) is 0 Å². The number of ketones is 1. The molecule has 0 radical (unpaired) electrons. The molecule has 4 nitrogen and oxygen atoms in total. The Balaban J connectivity index is 1.76. The van der Waals surface area contributed by atoms with Crippen molar-refractivity contribution in [2.24, 2.45) is 0 Å². The Morgan fingerprint density at radius 2 is 1.87 bits per heavy atom. The van der Waals surface area contributed by atoms with Crippen molar-refractivity contribution in [1.29, 1.82) is 0 Å². The van der Waals surface area contributed by atoms with Gasteiger partial charge in [0.2, 0.25) is 0 Å². The van der Waals surface area contributed by atoms with E-state index >= 15 is 0 Å². The predicted octanol–water partition coefficient (Wildman–Crippen LogP) is 3.78.